The smallest absolute Gasteiger partial charge is 0.171 e. The highest BCUT2D eigenvalue weighted by Crippen LogP contribution is 2.48. The molecule has 1 saturated carbocycles. The van der Waals surface area contributed by atoms with Gasteiger partial charge in [0.15, 0.2) is 5.79 Å². The Morgan fingerprint density at radius 1 is 1.36 bits per heavy atom. The largest absolute Gasteiger partial charge is 0.347 e. The second-order valence-electron chi connectivity index (χ2n) is 4.86. The van der Waals surface area contributed by atoms with E-state index in [0.717, 1.165) is 32.0 Å². The first-order chi connectivity index (χ1) is 6.80. The van der Waals surface area contributed by atoms with Crippen LogP contribution in [0.2, 0.25) is 0 Å². The molecule has 0 aromatic heterocycles. The SMILES string of the molecule is CC1=CCC2CC1CCC21OCCO1. The maximum absolute atomic E-state index is 5.85. The Labute approximate surface area is 85.3 Å². The summed E-state index contributed by atoms with van der Waals surface area (Å²) in [5, 5.41) is 0. The van der Waals surface area contributed by atoms with E-state index in [0.29, 0.717) is 5.92 Å². The molecule has 2 nitrogen and oxygen atoms in total. The van der Waals surface area contributed by atoms with Gasteiger partial charge in [-0.1, -0.05) is 11.6 Å². The number of fused-ring (bicyclic) bond motifs is 3. The monoisotopic (exact) mass is 194 g/mol. The van der Waals surface area contributed by atoms with Crippen LogP contribution in [0.5, 0.6) is 0 Å². The van der Waals surface area contributed by atoms with Crippen LogP contribution < -0.4 is 0 Å². The summed E-state index contributed by atoms with van der Waals surface area (Å²) in [5.74, 6) is 1.24. The van der Waals surface area contributed by atoms with E-state index in [-0.39, 0.29) is 5.79 Å². The molecule has 1 saturated heterocycles. The van der Waals surface area contributed by atoms with Gasteiger partial charge >= 0.3 is 0 Å². The van der Waals surface area contributed by atoms with Crippen molar-refractivity contribution >= 4 is 0 Å². The van der Waals surface area contributed by atoms with E-state index in [1.165, 1.54) is 12.8 Å². The van der Waals surface area contributed by atoms with E-state index >= 15 is 0 Å². The summed E-state index contributed by atoms with van der Waals surface area (Å²) >= 11 is 0. The van der Waals surface area contributed by atoms with Gasteiger partial charge < -0.3 is 9.47 Å². The summed E-state index contributed by atoms with van der Waals surface area (Å²) in [6.45, 7) is 3.86. The summed E-state index contributed by atoms with van der Waals surface area (Å²) in [6, 6.07) is 0. The fourth-order valence-corrected chi connectivity index (χ4v) is 3.26. The zero-order valence-electron chi connectivity index (χ0n) is 8.79. The van der Waals surface area contributed by atoms with E-state index < -0.39 is 0 Å². The molecule has 2 unspecified atom stereocenters. The Balaban J connectivity index is 1.86. The third-order valence-corrected chi connectivity index (χ3v) is 4.18. The maximum Gasteiger partial charge on any atom is 0.171 e. The van der Waals surface area contributed by atoms with Crippen molar-refractivity contribution in [3.8, 4) is 0 Å². The summed E-state index contributed by atoms with van der Waals surface area (Å²) in [7, 11) is 0. The predicted octanol–water partition coefficient (Wildman–Crippen LogP) is 2.50. The molecule has 2 aliphatic carbocycles. The predicted molar refractivity (Wildman–Crippen MR) is 53.8 cm³/mol. The lowest BCUT2D eigenvalue weighted by Gasteiger charge is -2.45. The topological polar surface area (TPSA) is 18.5 Å². The Hall–Kier alpha value is -0.340. The Morgan fingerprint density at radius 2 is 2.14 bits per heavy atom. The van der Waals surface area contributed by atoms with Crippen LogP contribution in [0.15, 0.2) is 11.6 Å². The molecule has 0 aromatic carbocycles. The fourth-order valence-electron chi connectivity index (χ4n) is 3.26. The van der Waals surface area contributed by atoms with Gasteiger partial charge in [-0.2, -0.15) is 0 Å². The molecule has 14 heavy (non-hydrogen) atoms. The molecule has 0 aromatic rings. The molecule has 3 aliphatic rings. The Bertz CT molecular complexity index is 263. The van der Waals surface area contributed by atoms with Crippen LogP contribution in [0.3, 0.4) is 0 Å². The van der Waals surface area contributed by atoms with Crippen LogP contribution in [-0.4, -0.2) is 19.0 Å². The van der Waals surface area contributed by atoms with Gasteiger partial charge in [0.25, 0.3) is 0 Å². The van der Waals surface area contributed by atoms with Crippen LogP contribution in [0.25, 0.3) is 0 Å². The molecule has 2 fully saturated rings. The zero-order valence-corrected chi connectivity index (χ0v) is 8.79. The number of allylic oxidation sites excluding steroid dienone is 2. The number of rotatable bonds is 0. The first kappa shape index (κ1) is 8.93. The van der Waals surface area contributed by atoms with E-state index in [2.05, 4.69) is 13.0 Å². The maximum atomic E-state index is 5.85. The van der Waals surface area contributed by atoms with Crippen LogP contribution in [0.1, 0.15) is 32.6 Å². The second-order valence-corrected chi connectivity index (χ2v) is 4.86. The fraction of sp³-hybridized carbons (Fsp3) is 0.833. The second kappa shape index (κ2) is 3.07. The molecular weight excluding hydrogens is 176 g/mol. The molecule has 0 N–H and O–H groups in total. The van der Waals surface area contributed by atoms with Crippen molar-refractivity contribution in [3.05, 3.63) is 11.6 Å². The van der Waals surface area contributed by atoms with Gasteiger partial charge in [0.1, 0.15) is 0 Å². The normalized spacial score (nSPS) is 39.9. The highest BCUT2D eigenvalue weighted by atomic mass is 16.7. The zero-order chi connectivity index (χ0) is 9.60. The van der Waals surface area contributed by atoms with Crippen LogP contribution in [0.4, 0.5) is 0 Å². The minimum Gasteiger partial charge on any atom is -0.347 e. The number of hydrogen-bond acceptors (Lipinski definition) is 2. The minimum atomic E-state index is -0.187. The Kier molecular flexibility index (Phi) is 1.96. The van der Waals surface area contributed by atoms with Gasteiger partial charge in [0, 0.05) is 12.3 Å². The lowest BCUT2D eigenvalue weighted by molar-refractivity contribution is -0.217. The molecule has 0 amide bonds. The van der Waals surface area contributed by atoms with Crippen LogP contribution >= 0.6 is 0 Å². The molecule has 2 heteroatoms. The average Bonchev–Trinajstić information content (AvgIpc) is 2.66. The van der Waals surface area contributed by atoms with Crippen molar-refractivity contribution in [2.75, 3.05) is 13.2 Å². The molecule has 2 bridgehead atoms. The first-order valence-electron chi connectivity index (χ1n) is 5.75. The molecule has 1 aliphatic heterocycles. The molecule has 1 heterocycles. The van der Waals surface area contributed by atoms with Gasteiger partial charge in [0.2, 0.25) is 0 Å². The van der Waals surface area contributed by atoms with Crippen molar-refractivity contribution in [1.82, 2.24) is 0 Å². The van der Waals surface area contributed by atoms with E-state index in [9.17, 15) is 0 Å². The minimum absolute atomic E-state index is 0.187. The number of hydrogen-bond donors (Lipinski definition) is 0. The quantitative estimate of drug-likeness (QED) is 0.552. The summed E-state index contributed by atoms with van der Waals surface area (Å²) in [6.07, 6.45) is 7.18. The van der Waals surface area contributed by atoms with Crippen LogP contribution in [-0.2, 0) is 9.47 Å². The lowest BCUT2D eigenvalue weighted by Crippen LogP contribution is -2.45. The van der Waals surface area contributed by atoms with Crippen LogP contribution in [0, 0.1) is 11.8 Å². The van der Waals surface area contributed by atoms with Gasteiger partial charge in [-0.3, -0.25) is 0 Å². The summed E-state index contributed by atoms with van der Waals surface area (Å²) in [4.78, 5) is 0. The van der Waals surface area contributed by atoms with E-state index in [1.807, 2.05) is 0 Å². The first-order valence-corrected chi connectivity index (χ1v) is 5.75. The summed E-state index contributed by atoms with van der Waals surface area (Å²) < 4.78 is 11.7. The molecule has 0 radical (unpaired) electrons. The third-order valence-electron chi connectivity index (χ3n) is 4.18. The highest BCUT2D eigenvalue weighted by molar-refractivity contribution is 5.13. The molecular formula is C12H18O2. The van der Waals surface area contributed by atoms with E-state index in [1.54, 1.807) is 5.57 Å². The van der Waals surface area contributed by atoms with Crippen molar-refractivity contribution in [2.24, 2.45) is 11.8 Å². The summed E-state index contributed by atoms with van der Waals surface area (Å²) in [5.41, 5.74) is 1.59. The molecule has 2 atom stereocenters. The van der Waals surface area contributed by atoms with Crippen molar-refractivity contribution < 1.29 is 9.47 Å². The standard InChI is InChI=1S/C12H18O2/c1-9-2-3-11-8-10(9)4-5-12(11)13-6-7-14-12/h2,10-11H,3-8H2,1H3. The van der Waals surface area contributed by atoms with E-state index in [4.69, 9.17) is 9.47 Å². The molecule has 3 rings (SSSR count). The van der Waals surface area contributed by atoms with Crippen molar-refractivity contribution in [3.63, 3.8) is 0 Å². The van der Waals surface area contributed by atoms with Gasteiger partial charge in [0.05, 0.1) is 13.2 Å². The van der Waals surface area contributed by atoms with Gasteiger partial charge in [-0.15, -0.1) is 0 Å². The number of ether oxygens (including phenoxy) is 2. The average molecular weight is 194 g/mol. The van der Waals surface area contributed by atoms with Crippen molar-refractivity contribution in [1.29, 1.82) is 0 Å². The van der Waals surface area contributed by atoms with Gasteiger partial charge in [-0.25, -0.2) is 0 Å². The Morgan fingerprint density at radius 3 is 2.93 bits per heavy atom. The molecule has 1 spiro atoms. The lowest BCUT2D eigenvalue weighted by atomic mass is 9.69. The van der Waals surface area contributed by atoms with Crippen molar-refractivity contribution in [2.45, 2.75) is 38.4 Å². The third kappa shape index (κ3) is 1.17. The highest BCUT2D eigenvalue weighted by Gasteiger charge is 2.48. The van der Waals surface area contributed by atoms with Gasteiger partial charge in [-0.05, 0) is 32.1 Å². The molecule has 78 valence electrons.